The number of carboxylic acid groups (broad SMARTS) is 2. The van der Waals surface area contributed by atoms with E-state index in [2.05, 4.69) is 0 Å². The van der Waals surface area contributed by atoms with Crippen LogP contribution in [0.25, 0.3) is 32.3 Å². The minimum Gasteiger partial charge on any atom is -0.481 e. The van der Waals surface area contributed by atoms with Gasteiger partial charge in [0, 0.05) is 38.4 Å². The van der Waals surface area contributed by atoms with Crippen LogP contribution in [-0.4, -0.2) is 60.3 Å². The Labute approximate surface area is 203 Å². The third-order valence-electron chi connectivity index (χ3n) is 5.53. The maximum absolute atomic E-state index is 12.1. The molecule has 4 aromatic carbocycles. The van der Waals surface area contributed by atoms with E-state index < -0.39 is 54.2 Å². The number of ether oxygens (including phenoxy) is 2. The van der Waals surface area contributed by atoms with Crippen molar-refractivity contribution in [3.63, 3.8) is 0 Å². The standard InChI is InChI=1S/C22H18O12S2/c1-22(2,21(25)26)34-15-7-14(33-9-18(23)24)10-3-5-12-16(35(27,28)29)8-17(36(30,31)32)13-6-4-11(15)19(10)20(12)13/h3-8H,9H2,1-2H3,(H,23,24)(H,25,26)(H,27,28,29)(H,30,31,32). The molecule has 0 amide bonds. The van der Waals surface area contributed by atoms with Gasteiger partial charge in [-0.25, -0.2) is 9.59 Å². The van der Waals surface area contributed by atoms with Crippen molar-refractivity contribution in [1.29, 1.82) is 0 Å². The zero-order chi connectivity index (χ0) is 26.8. The summed E-state index contributed by atoms with van der Waals surface area (Å²) in [7, 11) is -9.97. The lowest BCUT2D eigenvalue weighted by Crippen LogP contribution is -2.37. The Morgan fingerprint density at radius 3 is 1.67 bits per heavy atom. The highest BCUT2D eigenvalue weighted by Gasteiger charge is 2.32. The summed E-state index contributed by atoms with van der Waals surface area (Å²) >= 11 is 0. The van der Waals surface area contributed by atoms with Crippen LogP contribution in [0.5, 0.6) is 11.5 Å². The van der Waals surface area contributed by atoms with Gasteiger partial charge >= 0.3 is 11.9 Å². The molecule has 190 valence electrons. The van der Waals surface area contributed by atoms with Crippen LogP contribution in [0.1, 0.15) is 13.8 Å². The lowest BCUT2D eigenvalue weighted by atomic mass is 9.93. The maximum atomic E-state index is 12.1. The molecule has 0 aromatic heterocycles. The highest BCUT2D eigenvalue weighted by Crippen LogP contribution is 2.46. The molecule has 4 aromatic rings. The second-order valence-corrected chi connectivity index (χ2v) is 11.1. The Morgan fingerprint density at radius 2 is 1.22 bits per heavy atom. The van der Waals surface area contributed by atoms with Crippen LogP contribution >= 0.6 is 0 Å². The molecule has 0 spiro atoms. The molecule has 0 radical (unpaired) electrons. The van der Waals surface area contributed by atoms with Crippen molar-refractivity contribution >= 4 is 64.5 Å². The highest BCUT2D eigenvalue weighted by atomic mass is 32.2. The quantitative estimate of drug-likeness (QED) is 0.189. The predicted octanol–water partition coefficient (Wildman–Crippen LogP) is 2.78. The van der Waals surface area contributed by atoms with Crippen LogP contribution in [0.15, 0.2) is 46.2 Å². The van der Waals surface area contributed by atoms with E-state index in [1.165, 1.54) is 44.2 Å². The highest BCUT2D eigenvalue weighted by molar-refractivity contribution is 7.87. The molecule has 0 atom stereocenters. The fraction of sp³-hybridized carbons (Fsp3) is 0.182. The number of hydrogen-bond acceptors (Lipinski definition) is 8. The average molecular weight is 539 g/mol. The van der Waals surface area contributed by atoms with Gasteiger partial charge in [-0.3, -0.25) is 9.11 Å². The summed E-state index contributed by atoms with van der Waals surface area (Å²) in [6.07, 6.45) is 0. The molecule has 36 heavy (non-hydrogen) atoms. The third kappa shape index (κ3) is 4.24. The molecule has 0 fully saturated rings. The number of aliphatic carboxylic acids is 2. The molecular weight excluding hydrogens is 520 g/mol. The van der Waals surface area contributed by atoms with Crippen molar-refractivity contribution in [2.75, 3.05) is 6.61 Å². The fourth-order valence-corrected chi connectivity index (χ4v) is 5.46. The number of carbonyl (C=O) groups is 2. The number of rotatable bonds is 8. The van der Waals surface area contributed by atoms with Gasteiger partial charge in [-0.05, 0) is 32.0 Å². The monoisotopic (exact) mass is 538 g/mol. The number of benzene rings is 4. The van der Waals surface area contributed by atoms with E-state index in [1.54, 1.807) is 0 Å². The van der Waals surface area contributed by atoms with Crippen molar-refractivity contribution in [1.82, 2.24) is 0 Å². The molecule has 12 nitrogen and oxygen atoms in total. The summed E-state index contributed by atoms with van der Waals surface area (Å²) < 4.78 is 79.2. The van der Waals surface area contributed by atoms with Gasteiger partial charge < -0.3 is 19.7 Å². The first kappa shape index (κ1) is 25.4. The molecule has 0 aliphatic heterocycles. The van der Waals surface area contributed by atoms with E-state index in [0.29, 0.717) is 6.07 Å². The zero-order valence-electron chi connectivity index (χ0n) is 18.5. The molecule has 0 unspecified atom stereocenters. The molecule has 0 saturated carbocycles. The summed E-state index contributed by atoms with van der Waals surface area (Å²) in [5.74, 6) is -2.82. The molecule has 4 rings (SSSR count). The molecule has 0 heterocycles. The Balaban J connectivity index is 2.25. The second-order valence-electron chi connectivity index (χ2n) is 8.37. The molecule has 0 bridgehead atoms. The Hall–Kier alpha value is -3.72. The minimum absolute atomic E-state index is 0.0356. The summed E-state index contributed by atoms with van der Waals surface area (Å²) in [4.78, 5) is 21.2. The van der Waals surface area contributed by atoms with Gasteiger partial charge in [0.25, 0.3) is 20.2 Å². The van der Waals surface area contributed by atoms with E-state index >= 15 is 0 Å². The van der Waals surface area contributed by atoms with Gasteiger partial charge in [0.1, 0.15) is 21.3 Å². The minimum atomic E-state index is -4.99. The number of carboxylic acids is 2. The van der Waals surface area contributed by atoms with Crippen molar-refractivity contribution in [3.05, 3.63) is 36.4 Å². The predicted molar refractivity (Wildman–Crippen MR) is 125 cm³/mol. The van der Waals surface area contributed by atoms with E-state index in [4.69, 9.17) is 14.6 Å². The molecule has 4 N–H and O–H groups in total. The second kappa shape index (κ2) is 8.16. The fourth-order valence-electron chi connectivity index (χ4n) is 3.95. The van der Waals surface area contributed by atoms with Gasteiger partial charge in [0.05, 0.1) is 0 Å². The Bertz CT molecular complexity index is 1740. The van der Waals surface area contributed by atoms with Crippen LogP contribution in [0.3, 0.4) is 0 Å². The van der Waals surface area contributed by atoms with Gasteiger partial charge in [-0.1, -0.05) is 12.1 Å². The van der Waals surface area contributed by atoms with Gasteiger partial charge in [-0.2, -0.15) is 16.8 Å². The van der Waals surface area contributed by atoms with Crippen LogP contribution in [-0.2, 0) is 29.8 Å². The summed E-state index contributed by atoms with van der Waals surface area (Å²) in [6.45, 7) is 1.73. The topological polar surface area (TPSA) is 202 Å². The molecular formula is C22H18O12S2. The van der Waals surface area contributed by atoms with Gasteiger partial charge in [0.2, 0.25) is 0 Å². The number of hydrogen-bond donors (Lipinski definition) is 4. The molecule has 0 saturated heterocycles. The summed E-state index contributed by atoms with van der Waals surface area (Å²) in [6, 6.07) is 7.16. The van der Waals surface area contributed by atoms with Crippen molar-refractivity contribution in [2.24, 2.45) is 0 Å². The van der Waals surface area contributed by atoms with E-state index in [1.807, 2.05) is 0 Å². The van der Waals surface area contributed by atoms with E-state index in [9.17, 15) is 40.6 Å². The first-order valence-corrected chi connectivity index (χ1v) is 12.9. The first-order valence-electron chi connectivity index (χ1n) is 10.0. The van der Waals surface area contributed by atoms with E-state index in [0.717, 1.165) is 0 Å². The largest absolute Gasteiger partial charge is 0.481 e. The van der Waals surface area contributed by atoms with Crippen molar-refractivity contribution in [3.8, 4) is 11.5 Å². The molecule has 14 heteroatoms. The lowest BCUT2D eigenvalue weighted by Gasteiger charge is -2.25. The Kier molecular flexibility index (Phi) is 5.75. The van der Waals surface area contributed by atoms with Gasteiger partial charge in [0.15, 0.2) is 12.2 Å². The van der Waals surface area contributed by atoms with Crippen LogP contribution < -0.4 is 9.47 Å². The van der Waals surface area contributed by atoms with Crippen molar-refractivity contribution < 1.29 is 55.2 Å². The van der Waals surface area contributed by atoms with E-state index in [-0.39, 0.29) is 43.8 Å². The van der Waals surface area contributed by atoms with Crippen LogP contribution in [0, 0.1) is 0 Å². The summed E-state index contributed by atoms with van der Waals surface area (Å²) in [5, 5.41) is 18.9. The normalized spacial score (nSPS) is 12.9. The average Bonchev–Trinajstić information content (AvgIpc) is 2.74. The maximum Gasteiger partial charge on any atom is 0.347 e. The smallest absolute Gasteiger partial charge is 0.347 e. The molecule has 0 aliphatic rings. The Morgan fingerprint density at radius 1 is 0.778 bits per heavy atom. The van der Waals surface area contributed by atoms with Crippen molar-refractivity contribution in [2.45, 2.75) is 29.2 Å². The molecule has 0 aliphatic carbocycles. The van der Waals surface area contributed by atoms with Gasteiger partial charge in [-0.15, -0.1) is 0 Å². The lowest BCUT2D eigenvalue weighted by molar-refractivity contribution is -0.152. The first-order chi connectivity index (χ1) is 16.5. The zero-order valence-corrected chi connectivity index (χ0v) is 20.2. The SMILES string of the molecule is CC(C)(Oc1cc(OCC(=O)O)c2ccc3c(S(=O)(=O)O)cc(S(=O)(=O)O)c4ccc1c2c34)C(=O)O. The van der Waals surface area contributed by atoms with Crippen LogP contribution in [0.2, 0.25) is 0 Å². The third-order valence-corrected chi connectivity index (χ3v) is 7.32. The summed E-state index contributed by atoms with van der Waals surface area (Å²) in [5.41, 5.74) is -1.77. The van der Waals surface area contributed by atoms with Crippen LogP contribution in [0.4, 0.5) is 0 Å².